The maximum absolute atomic E-state index is 11.3. The van der Waals surface area contributed by atoms with Crippen molar-refractivity contribution in [3.8, 4) is 0 Å². The van der Waals surface area contributed by atoms with Crippen LogP contribution in [0.15, 0.2) is 72.8 Å². The summed E-state index contributed by atoms with van der Waals surface area (Å²) in [6, 6.07) is 24.8. The van der Waals surface area contributed by atoms with Gasteiger partial charge in [-0.3, -0.25) is 4.79 Å². The molecule has 0 amide bonds. The molecule has 0 aliphatic carbocycles. The molecule has 0 atom stereocenters. The number of benzene rings is 3. The summed E-state index contributed by atoms with van der Waals surface area (Å²) in [5.74, 6) is 0. The van der Waals surface area contributed by atoms with Gasteiger partial charge in [0.05, 0.1) is 11.4 Å². The summed E-state index contributed by atoms with van der Waals surface area (Å²) in [4.78, 5) is 13.6. The minimum atomic E-state index is -0.112. The minimum absolute atomic E-state index is 0.112. The zero-order valence-corrected chi connectivity index (χ0v) is 13.9. The quantitative estimate of drug-likeness (QED) is 0.573. The van der Waals surface area contributed by atoms with E-state index in [9.17, 15) is 4.79 Å². The van der Waals surface area contributed by atoms with Crippen molar-refractivity contribution in [2.45, 2.75) is 19.3 Å². The highest BCUT2D eigenvalue weighted by atomic mass is 16.1. The molecular formula is C22H19NO. The number of para-hydroxylation sites is 2. The molecule has 1 aliphatic rings. The molecule has 24 heavy (non-hydrogen) atoms. The van der Waals surface area contributed by atoms with Gasteiger partial charge in [0.1, 0.15) is 6.29 Å². The average molecular weight is 313 g/mol. The normalized spacial score (nSPS) is 14.7. The number of hydrogen-bond donors (Lipinski definition) is 0. The molecule has 0 fully saturated rings. The maximum Gasteiger partial charge on any atom is 0.150 e. The first-order valence-electron chi connectivity index (χ1n) is 8.17. The van der Waals surface area contributed by atoms with Crippen LogP contribution in [0.1, 0.15) is 35.3 Å². The Kier molecular flexibility index (Phi) is 3.27. The molecule has 0 bridgehead atoms. The van der Waals surface area contributed by atoms with Gasteiger partial charge in [-0.1, -0.05) is 62.4 Å². The van der Waals surface area contributed by atoms with Crippen molar-refractivity contribution in [3.63, 3.8) is 0 Å². The van der Waals surface area contributed by atoms with Crippen molar-refractivity contribution in [3.05, 3.63) is 89.5 Å². The highest BCUT2D eigenvalue weighted by Crippen LogP contribution is 2.51. The standard InChI is InChI=1S/C22H19NO/c1-22(2)18-10-6-7-11-20(18)23(17-8-4-3-5-9-17)21-14-16(15-24)12-13-19(21)22/h3-15H,1-2H3. The van der Waals surface area contributed by atoms with Crippen molar-refractivity contribution in [1.82, 2.24) is 0 Å². The van der Waals surface area contributed by atoms with Crippen LogP contribution in [-0.4, -0.2) is 6.29 Å². The first kappa shape index (κ1) is 14.7. The molecule has 118 valence electrons. The fraction of sp³-hybridized carbons (Fsp3) is 0.136. The molecule has 1 heterocycles. The summed E-state index contributed by atoms with van der Waals surface area (Å²) >= 11 is 0. The van der Waals surface area contributed by atoms with Gasteiger partial charge >= 0.3 is 0 Å². The van der Waals surface area contributed by atoms with Crippen molar-refractivity contribution < 1.29 is 4.79 Å². The number of fused-ring (bicyclic) bond motifs is 2. The Labute approximate surface area is 142 Å². The molecule has 1 aliphatic heterocycles. The molecular weight excluding hydrogens is 294 g/mol. The molecule has 0 saturated heterocycles. The average Bonchev–Trinajstić information content (AvgIpc) is 2.62. The summed E-state index contributed by atoms with van der Waals surface area (Å²) < 4.78 is 0. The molecule has 3 aromatic carbocycles. The van der Waals surface area contributed by atoms with Gasteiger partial charge in [-0.25, -0.2) is 0 Å². The maximum atomic E-state index is 11.3. The van der Waals surface area contributed by atoms with Gasteiger partial charge < -0.3 is 4.90 Å². The topological polar surface area (TPSA) is 20.3 Å². The van der Waals surface area contributed by atoms with Gasteiger partial charge in [-0.15, -0.1) is 0 Å². The third-order valence-electron chi connectivity index (χ3n) is 4.90. The van der Waals surface area contributed by atoms with Crippen LogP contribution in [0, 0.1) is 0 Å². The predicted molar refractivity (Wildman–Crippen MR) is 98.6 cm³/mol. The third kappa shape index (κ3) is 2.07. The molecule has 0 spiro atoms. The predicted octanol–water partition coefficient (Wildman–Crippen LogP) is 5.61. The Hall–Kier alpha value is -2.87. The lowest BCUT2D eigenvalue weighted by Crippen LogP contribution is -2.30. The SMILES string of the molecule is CC1(C)c2ccccc2N(c2ccccc2)c2cc(C=O)ccc21. The first-order valence-corrected chi connectivity index (χ1v) is 8.17. The molecule has 0 N–H and O–H groups in total. The van der Waals surface area contributed by atoms with E-state index in [0.29, 0.717) is 5.56 Å². The van der Waals surface area contributed by atoms with E-state index in [0.717, 1.165) is 17.7 Å². The van der Waals surface area contributed by atoms with Crippen LogP contribution in [0.4, 0.5) is 17.1 Å². The molecule has 0 aromatic heterocycles. The number of hydrogen-bond acceptors (Lipinski definition) is 2. The monoisotopic (exact) mass is 313 g/mol. The lowest BCUT2D eigenvalue weighted by atomic mass is 9.73. The van der Waals surface area contributed by atoms with E-state index in [1.807, 2.05) is 30.3 Å². The molecule has 0 saturated carbocycles. The fourth-order valence-electron chi connectivity index (χ4n) is 3.66. The summed E-state index contributed by atoms with van der Waals surface area (Å²) in [6.07, 6.45) is 0.914. The smallest absolute Gasteiger partial charge is 0.150 e. The van der Waals surface area contributed by atoms with Crippen LogP contribution in [0.5, 0.6) is 0 Å². The zero-order chi connectivity index (χ0) is 16.7. The van der Waals surface area contributed by atoms with Crippen LogP contribution in [0.2, 0.25) is 0 Å². The summed E-state index contributed by atoms with van der Waals surface area (Å²) in [6.45, 7) is 4.49. The third-order valence-corrected chi connectivity index (χ3v) is 4.90. The highest BCUT2D eigenvalue weighted by molar-refractivity contribution is 5.88. The van der Waals surface area contributed by atoms with Crippen molar-refractivity contribution in [2.24, 2.45) is 0 Å². The van der Waals surface area contributed by atoms with E-state index in [4.69, 9.17) is 0 Å². The van der Waals surface area contributed by atoms with Crippen molar-refractivity contribution in [2.75, 3.05) is 4.90 Å². The van der Waals surface area contributed by atoms with Crippen LogP contribution in [0.25, 0.3) is 0 Å². The fourth-order valence-corrected chi connectivity index (χ4v) is 3.66. The largest absolute Gasteiger partial charge is 0.310 e. The summed E-state index contributed by atoms with van der Waals surface area (Å²) in [7, 11) is 0. The van der Waals surface area contributed by atoms with Crippen molar-refractivity contribution in [1.29, 1.82) is 0 Å². The number of carbonyl (C=O) groups is 1. The van der Waals surface area contributed by atoms with E-state index >= 15 is 0 Å². The Balaban J connectivity index is 2.06. The molecule has 3 aromatic rings. The van der Waals surface area contributed by atoms with Crippen molar-refractivity contribution >= 4 is 23.3 Å². The Morgan fingerprint density at radius 1 is 0.792 bits per heavy atom. The Bertz CT molecular complexity index is 912. The van der Waals surface area contributed by atoms with Gasteiger partial charge in [-0.2, -0.15) is 0 Å². The van der Waals surface area contributed by atoms with Gasteiger partial charge in [0.2, 0.25) is 0 Å². The molecule has 2 nitrogen and oxygen atoms in total. The molecule has 0 unspecified atom stereocenters. The van der Waals surface area contributed by atoms with Crippen LogP contribution in [0.3, 0.4) is 0 Å². The van der Waals surface area contributed by atoms with Gasteiger partial charge in [0.15, 0.2) is 0 Å². The molecule has 0 radical (unpaired) electrons. The Morgan fingerprint density at radius 2 is 1.46 bits per heavy atom. The van der Waals surface area contributed by atoms with E-state index in [-0.39, 0.29) is 5.41 Å². The zero-order valence-electron chi connectivity index (χ0n) is 13.9. The highest BCUT2D eigenvalue weighted by Gasteiger charge is 2.36. The van der Waals surface area contributed by atoms with Gasteiger partial charge in [-0.05, 0) is 35.4 Å². The Morgan fingerprint density at radius 3 is 2.21 bits per heavy atom. The summed E-state index contributed by atoms with van der Waals surface area (Å²) in [5.41, 5.74) is 6.46. The second-order valence-electron chi connectivity index (χ2n) is 6.71. The molecule has 2 heteroatoms. The lowest BCUT2D eigenvalue weighted by Gasteiger charge is -2.42. The number of nitrogens with zero attached hydrogens (tertiary/aromatic N) is 1. The number of aldehydes is 1. The first-order chi connectivity index (χ1) is 11.6. The molecule has 4 rings (SSSR count). The number of rotatable bonds is 2. The van der Waals surface area contributed by atoms with Crippen LogP contribution >= 0.6 is 0 Å². The van der Waals surface area contributed by atoms with Crippen LogP contribution in [-0.2, 0) is 5.41 Å². The second-order valence-corrected chi connectivity index (χ2v) is 6.71. The minimum Gasteiger partial charge on any atom is -0.310 e. The second kappa shape index (κ2) is 5.34. The van der Waals surface area contributed by atoms with E-state index in [1.54, 1.807) is 0 Å². The van der Waals surface area contributed by atoms with E-state index in [1.165, 1.54) is 16.8 Å². The van der Waals surface area contributed by atoms with Gasteiger partial charge in [0, 0.05) is 16.7 Å². The van der Waals surface area contributed by atoms with Gasteiger partial charge in [0.25, 0.3) is 0 Å². The number of anilines is 3. The summed E-state index contributed by atoms with van der Waals surface area (Å²) in [5, 5.41) is 0. The van der Waals surface area contributed by atoms with Crippen LogP contribution < -0.4 is 4.90 Å². The lowest BCUT2D eigenvalue weighted by molar-refractivity contribution is 0.112. The van der Waals surface area contributed by atoms with E-state index in [2.05, 4.69) is 61.2 Å². The number of carbonyl (C=O) groups excluding carboxylic acids is 1. The van der Waals surface area contributed by atoms with E-state index < -0.39 is 0 Å².